The topological polar surface area (TPSA) is 84.2 Å². The van der Waals surface area contributed by atoms with Crippen LogP contribution in [0.5, 0.6) is 0 Å². The van der Waals surface area contributed by atoms with Crippen LogP contribution >= 0.6 is 11.8 Å². The Labute approximate surface area is 116 Å². The highest BCUT2D eigenvalue weighted by molar-refractivity contribution is 8.00. The number of aromatic nitrogens is 2. The van der Waals surface area contributed by atoms with Crippen LogP contribution in [-0.4, -0.2) is 45.5 Å². The van der Waals surface area contributed by atoms with Crippen LogP contribution in [0.4, 0.5) is 17.5 Å². The van der Waals surface area contributed by atoms with E-state index in [4.69, 9.17) is 0 Å². The maximum atomic E-state index is 11.1. The molecule has 19 heavy (non-hydrogen) atoms. The molecule has 1 saturated heterocycles. The highest BCUT2D eigenvalue weighted by Gasteiger charge is 2.26. The third-order valence-corrected chi connectivity index (χ3v) is 3.96. The molecule has 1 N–H and O–H groups in total. The molecule has 2 rings (SSSR count). The largest absolute Gasteiger partial charge is 0.354 e. The third kappa shape index (κ3) is 3.25. The van der Waals surface area contributed by atoms with Gasteiger partial charge in [-0.1, -0.05) is 6.92 Å². The number of nitrogens with one attached hydrogen (secondary N) is 1. The summed E-state index contributed by atoms with van der Waals surface area (Å²) in [7, 11) is 0. The average Bonchev–Trinajstić information content (AvgIpc) is 2.39. The first-order chi connectivity index (χ1) is 9.11. The molecule has 0 amide bonds. The van der Waals surface area contributed by atoms with Crippen molar-refractivity contribution in [3.8, 4) is 0 Å². The van der Waals surface area contributed by atoms with E-state index in [9.17, 15) is 10.1 Å². The number of rotatable bonds is 4. The molecule has 2 heterocycles. The monoisotopic (exact) mass is 283 g/mol. The number of anilines is 2. The number of hydrogen-bond acceptors (Lipinski definition) is 7. The summed E-state index contributed by atoms with van der Waals surface area (Å²) in [5, 5.41) is 14.5. The number of nitro groups is 1. The van der Waals surface area contributed by atoms with Crippen molar-refractivity contribution in [3.63, 3.8) is 0 Å². The minimum Gasteiger partial charge on any atom is -0.354 e. The second-order valence-electron chi connectivity index (χ2n) is 4.32. The van der Waals surface area contributed by atoms with E-state index >= 15 is 0 Å². The van der Waals surface area contributed by atoms with Crippen molar-refractivity contribution in [3.05, 3.63) is 16.3 Å². The Balaban J connectivity index is 2.33. The first kappa shape index (κ1) is 13.9. The molecule has 1 atom stereocenters. The van der Waals surface area contributed by atoms with Gasteiger partial charge in [-0.2, -0.15) is 16.7 Å². The summed E-state index contributed by atoms with van der Waals surface area (Å²) in [4.78, 5) is 20.9. The van der Waals surface area contributed by atoms with Crippen molar-refractivity contribution < 1.29 is 4.92 Å². The van der Waals surface area contributed by atoms with E-state index < -0.39 is 4.92 Å². The summed E-state index contributed by atoms with van der Waals surface area (Å²) in [6.07, 6.45) is 1.28. The fourth-order valence-corrected chi connectivity index (χ4v) is 3.00. The smallest absolute Gasteiger partial charge is 0.329 e. The summed E-state index contributed by atoms with van der Waals surface area (Å²) in [6, 6.07) is 0. The highest BCUT2D eigenvalue weighted by atomic mass is 32.2. The number of nitrogens with zero attached hydrogens (tertiary/aromatic N) is 4. The van der Waals surface area contributed by atoms with E-state index in [1.165, 1.54) is 6.20 Å². The van der Waals surface area contributed by atoms with E-state index in [-0.39, 0.29) is 5.69 Å². The summed E-state index contributed by atoms with van der Waals surface area (Å²) >= 11 is 1.87. The van der Waals surface area contributed by atoms with E-state index in [0.29, 0.717) is 23.6 Å². The maximum Gasteiger partial charge on any atom is 0.329 e. The van der Waals surface area contributed by atoms with E-state index in [1.54, 1.807) is 0 Å². The van der Waals surface area contributed by atoms with Gasteiger partial charge in [0.15, 0.2) is 0 Å². The Kier molecular flexibility index (Phi) is 4.41. The van der Waals surface area contributed by atoms with Crippen molar-refractivity contribution in [2.24, 2.45) is 0 Å². The van der Waals surface area contributed by atoms with Crippen LogP contribution in [0.2, 0.25) is 0 Å². The van der Waals surface area contributed by atoms with Gasteiger partial charge in [-0.3, -0.25) is 10.1 Å². The molecule has 0 radical (unpaired) electrons. The fourth-order valence-electron chi connectivity index (χ4n) is 1.98. The van der Waals surface area contributed by atoms with Crippen LogP contribution in [0.25, 0.3) is 0 Å². The first-order valence-corrected chi connectivity index (χ1v) is 7.28. The molecule has 0 aliphatic carbocycles. The van der Waals surface area contributed by atoms with Gasteiger partial charge in [0.05, 0.1) is 4.92 Å². The first-order valence-electron chi connectivity index (χ1n) is 6.23. The summed E-state index contributed by atoms with van der Waals surface area (Å²) in [6.45, 7) is 6.29. The number of thioether (sulfide) groups is 1. The Bertz CT molecular complexity index is 470. The molecular formula is C11H17N5O2S. The lowest BCUT2D eigenvalue weighted by atomic mass is 10.3. The summed E-state index contributed by atoms with van der Waals surface area (Å²) in [5.74, 6) is 1.82. The normalized spacial score (nSPS) is 19.3. The van der Waals surface area contributed by atoms with Crippen LogP contribution in [0.15, 0.2) is 6.20 Å². The van der Waals surface area contributed by atoms with Crippen LogP contribution in [0, 0.1) is 10.1 Å². The van der Waals surface area contributed by atoms with Gasteiger partial charge in [-0.05, 0) is 6.92 Å². The van der Waals surface area contributed by atoms with Crippen molar-refractivity contribution in [2.75, 3.05) is 35.6 Å². The molecule has 1 aromatic rings. The molecule has 0 aromatic carbocycles. The van der Waals surface area contributed by atoms with Gasteiger partial charge < -0.3 is 10.2 Å². The van der Waals surface area contributed by atoms with E-state index in [0.717, 1.165) is 18.8 Å². The Morgan fingerprint density at radius 2 is 2.47 bits per heavy atom. The Hall–Kier alpha value is -1.57. The number of hydrogen-bond donors (Lipinski definition) is 1. The van der Waals surface area contributed by atoms with Crippen molar-refractivity contribution >= 4 is 29.2 Å². The van der Waals surface area contributed by atoms with Crippen LogP contribution < -0.4 is 10.2 Å². The van der Waals surface area contributed by atoms with E-state index in [1.807, 2.05) is 23.6 Å². The second kappa shape index (κ2) is 6.05. The lowest BCUT2D eigenvalue weighted by molar-refractivity contribution is -0.384. The lowest BCUT2D eigenvalue weighted by Gasteiger charge is -2.31. The average molecular weight is 283 g/mol. The van der Waals surface area contributed by atoms with Gasteiger partial charge in [0.1, 0.15) is 6.20 Å². The molecule has 1 fully saturated rings. The maximum absolute atomic E-state index is 11.1. The molecule has 0 spiro atoms. The Morgan fingerprint density at radius 3 is 3.11 bits per heavy atom. The quantitative estimate of drug-likeness (QED) is 0.665. The van der Waals surface area contributed by atoms with Crippen LogP contribution in [0.1, 0.15) is 13.8 Å². The molecular weight excluding hydrogens is 266 g/mol. The predicted octanol–water partition coefficient (Wildman–Crippen LogP) is 1.76. The fraction of sp³-hybridized carbons (Fsp3) is 0.636. The van der Waals surface area contributed by atoms with Crippen LogP contribution in [-0.2, 0) is 0 Å². The molecule has 1 aromatic heterocycles. The molecule has 0 saturated carbocycles. The zero-order valence-electron chi connectivity index (χ0n) is 11.0. The van der Waals surface area contributed by atoms with Gasteiger partial charge in [0.25, 0.3) is 0 Å². The minimum absolute atomic E-state index is 0.0271. The van der Waals surface area contributed by atoms with Gasteiger partial charge in [0, 0.05) is 30.6 Å². The standard InChI is InChI=1S/C11H17N5O2S/c1-3-12-11-13-6-9(16(17)18)10(14-11)15-4-5-19-8(2)7-15/h6,8H,3-5,7H2,1-2H3,(H,12,13,14). The van der Waals surface area contributed by atoms with Crippen molar-refractivity contribution in [1.29, 1.82) is 0 Å². The molecule has 7 nitrogen and oxygen atoms in total. The van der Waals surface area contributed by atoms with Crippen molar-refractivity contribution in [1.82, 2.24) is 9.97 Å². The second-order valence-corrected chi connectivity index (χ2v) is 5.86. The van der Waals surface area contributed by atoms with Gasteiger partial charge in [-0.25, -0.2) is 4.98 Å². The molecule has 1 aliphatic heterocycles. The zero-order valence-corrected chi connectivity index (χ0v) is 11.8. The molecule has 1 aliphatic rings. The Morgan fingerprint density at radius 1 is 1.68 bits per heavy atom. The minimum atomic E-state index is -0.419. The van der Waals surface area contributed by atoms with Crippen molar-refractivity contribution in [2.45, 2.75) is 19.1 Å². The molecule has 0 bridgehead atoms. The lowest BCUT2D eigenvalue weighted by Crippen LogP contribution is -2.37. The molecule has 8 heteroatoms. The summed E-state index contributed by atoms with van der Waals surface area (Å²) in [5.41, 5.74) is -0.0271. The van der Waals surface area contributed by atoms with Gasteiger partial charge in [0.2, 0.25) is 11.8 Å². The van der Waals surface area contributed by atoms with Gasteiger partial charge >= 0.3 is 5.69 Å². The van der Waals surface area contributed by atoms with E-state index in [2.05, 4.69) is 22.2 Å². The highest BCUT2D eigenvalue weighted by Crippen LogP contribution is 2.30. The zero-order chi connectivity index (χ0) is 13.8. The SMILES string of the molecule is CCNc1ncc([N+](=O)[O-])c(N2CCSC(C)C2)n1. The predicted molar refractivity (Wildman–Crippen MR) is 77.0 cm³/mol. The van der Waals surface area contributed by atoms with Gasteiger partial charge in [-0.15, -0.1) is 0 Å². The summed E-state index contributed by atoms with van der Waals surface area (Å²) < 4.78 is 0. The third-order valence-electron chi connectivity index (χ3n) is 2.82. The molecule has 104 valence electrons. The van der Waals surface area contributed by atoms with Crippen LogP contribution in [0.3, 0.4) is 0 Å². The molecule has 1 unspecified atom stereocenters.